The summed E-state index contributed by atoms with van der Waals surface area (Å²) in [5.74, 6) is 1.56. The first kappa shape index (κ1) is 12.4. The van der Waals surface area contributed by atoms with E-state index in [2.05, 4.69) is 25.9 Å². The molecule has 1 aliphatic heterocycles. The van der Waals surface area contributed by atoms with Gasteiger partial charge in [0.2, 0.25) is 5.91 Å². The lowest BCUT2D eigenvalue weighted by Crippen LogP contribution is -2.18. The van der Waals surface area contributed by atoms with Gasteiger partial charge in [-0.2, -0.15) is 0 Å². The largest absolute Gasteiger partial charge is 0.373 e. The molecule has 6 nitrogen and oxygen atoms in total. The smallest absolute Gasteiger partial charge is 0.224 e. The summed E-state index contributed by atoms with van der Waals surface area (Å²) in [6, 6.07) is 7.71. The molecule has 20 heavy (non-hydrogen) atoms. The molecule has 0 saturated heterocycles. The molecule has 1 amide bonds. The number of amides is 1. The van der Waals surface area contributed by atoms with E-state index in [0.29, 0.717) is 6.42 Å². The molecule has 102 valence electrons. The molecule has 3 N–H and O–H groups in total. The SMILES string of the molecule is CNc1cc(Nc2ccc3c(c2)CCC(=O)N3)ncn1. The molecule has 1 aliphatic rings. The van der Waals surface area contributed by atoms with Gasteiger partial charge in [-0.3, -0.25) is 4.79 Å². The molecule has 2 heterocycles. The first-order chi connectivity index (χ1) is 9.74. The summed E-state index contributed by atoms with van der Waals surface area (Å²) >= 11 is 0. The van der Waals surface area contributed by atoms with Crippen molar-refractivity contribution in [2.45, 2.75) is 12.8 Å². The van der Waals surface area contributed by atoms with Gasteiger partial charge in [0, 0.05) is 30.9 Å². The molecule has 1 aromatic heterocycles. The molecule has 0 atom stereocenters. The first-order valence-electron chi connectivity index (χ1n) is 6.44. The van der Waals surface area contributed by atoms with Crippen LogP contribution < -0.4 is 16.0 Å². The van der Waals surface area contributed by atoms with Crippen LogP contribution in [-0.4, -0.2) is 22.9 Å². The second-order valence-electron chi connectivity index (χ2n) is 4.58. The minimum atomic E-state index is 0.0765. The van der Waals surface area contributed by atoms with Crippen molar-refractivity contribution in [1.29, 1.82) is 0 Å². The van der Waals surface area contributed by atoms with E-state index in [-0.39, 0.29) is 5.91 Å². The van der Waals surface area contributed by atoms with E-state index in [1.54, 1.807) is 0 Å². The van der Waals surface area contributed by atoms with Gasteiger partial charge in [0.05, 0.1) is 0 Å². The predicted molar refractivity (Wildman–Crippen MR) is 78.3 cm³/mol. The Morgan fingerprint density at radius 2 is 2.00 bits per heavy atom. The van der Waals surface area contributed by atoms with Crippen molar-refractivity contribution in [3.05, 3.63) is 36.2 Å². The predicted octanol–water partition coefficient (Wildman–Crippen LogP) is 2.15. The van der Waals surface area contributed by atoms with Crippen molar-refractivity contribution in [2.24, 2.45) is 0 Å². The Kier molecular flexibility index (Phi) is 3.20. The van der Waals surface area contributed by atoms with Crippen LogP contribution in [0.2, 0.25) is 0 Å². The quantitative estimate of drug-likeness (QED) is 0.795. The summed E-state index contributed by atoms with van der Waals surface area (Å²) in [4.78, 5) is 19.6. The summed E-state index contributed by atoms with van der Waals surface area (Å²) in [5, 5.41) is 9.07. The number of hydrogen-bond acceptors (Lipinski definition) is 5. The van der Waals surface area contributed by atoms with Crippen LogP contribution >= 0.6 is 0 Å². The molecule has 0 saturated carbocycles. The van der Waals surface area contributed by atoms with E-state index < -0.39 is 0 Å². The van der Waals surface area contributed by atoms with E-state index in [4.69, 9.17) is 0 Å². The molecule has 0 unspecified atom stereocenters. The highest BCUT2D eigenvalue weighted by Crippen LogP contribution is 2.27. The Labute approximate surface area is 116 Å². The maximum atomic E-state index is 11.3. The Bertz CT molecular complexity index is 656. The van der Waals surface area contributed by atoms with Crippen molar-refractivity contribution < 1.29 is 4.79 Å². The average molecular weight is 269 g/mol. The van der Waals surface area contributed by atoms with Crippen LogP contribution in [0.15, 0.2) is 30.6 Å². The van der Waals surface area contributed by atoms with Gasteiger partial charge in [-0.25, -0.2) is 9.97 Å². The zero-order valence-corrected chi connectivity index (χ0v) is 11.1. The van der Waals surface area contributed by atoms with Crippen LogP contribution in [-0.2, 0) is 11.2 Å². The number of rotatable bonds is 3. The number of carbonyl (C=O) groups is 1. The second kappa shape index (κ2) is 5.16. The zero-order valence-electron chi connectivity index (χ0n) is 11.1. The Morgan fingerprint density at radius 1 is 1.15 bits per heavy atom. The molecule has 0 radical (unpaired) electrons. The number of benzene rings is 1. The van der Waals surface area contributed by atoms with Crippen LogP contribution in [0.4, 0.5) is 23.0 Å². The molecule has 3 rings (SSSR count). The van der Waals surface area contributed by atoms with Crippen LogP contribution in [0, 0.1) is 0 Å². The number of fused-ring (bicyclic) bond motifs is 1. The second-order valence-corrected chi connectivity index (χ2v) is 4.58. The number of anilines is 4. The van der Waals surface area contributed by atoms with Crippen LogP contribution in [0.3, 0.4) is 0 Å². The van der Waals surface area contributed by atoms with Crippen molar-refractivity contribution in [3.8, 4) is 0 Å². The number of aromatic nitrogens is 2. The molecule has 0 bridgehead atoms. The van der Waals surface area contributed by atoms with Crippen molar-refractivity contribution in [1.82, 2.24) is 9.97 Å². The lowest BCUT2D eigenvalue weighted by molar-refractivity contribution is -0.116. The number of carbonyl (C=O) groups excluding carboxylic acids is 1. The standard InChI is InChI=1S/C14H15N5O/c1-15-12-7-13(17-8-16-12)18-10-3-4-11-9(6-10)2-5-14(20)19-11/h3-4,6-8H,2,5H2,1H3,(H,19,20)(H2,15,16,17,18). The van der Waals surface area contributed by atoms with Crippen LogP contribution in [0.1, 0.15) is 12.0 Å². The third-order valence-corrected chi connectivity index (χ3v) is 3.20. The van der Waals surface area contributed by atoms with E-state index >= 15 is 0 Å². The maximum Gasteiger partial charge on any atom is 0.224 e. The van der Waals surface area contributed by atoms with Gasteiger partial charge < -0.3 is 16.0 Å². The monoisotopic (exact) mass is 269 g/mol. The Balaban J connectivity index is 1.82. The number of nitrogens with one attached hydrogen (secondary N) is 3. The fraction of sp³-hybridized carbons (Fsp3) is 0.214. The lowest BCUT2D eigenvalue weighted by atomic mass is 10.0. The molecule has 6 heteroatoms. The van der Waals surface area contributed by atoms with Gasteiger partial charge >= 0.3 is 0 Å². The number of aryl methyl sites for hydroxylation is 1. The fourth-order valence-electron chi connectivity index (χ4n) is 2.17. The van der Waals surface area contributed by atoms with E-state index in [1.807, 2.05) is 31.3 Å². The summed E-state index contributed by atoms with van der Waals surface area (Å²) in [5.41, 5.74) is 2.98. The number of nitrogens with zero attached hydrogens (tertiary/aromatic N) is 2. The fourth-order valence-corrected chi connectivity index (χ4v) is 2.17. The third kappa shape index (κ3) is 2.54. The van der Waals surface area contributed by atoms with Gasteiger partial charge in [0.1, 0.15) is 18.0 Å². The molecule has 1 aromatic carbocycles. The molecule has 2 aromatic rings. The minimum Gasteiger partial charge on any atom is -0.373 e. The van der Waals surface area contributed by atoms with Crippen LogP contribution in [0.5, 0.6) is 0 Å². The molecular weight excluding hydrogens is 254 g/mol. The van der Waals surface area contributed by atoms with Crippen molar-refractivity contribution in [3.63, 3.8) is 0 Å². The van der Waals surface area contributed by atoms with Crippen molar-refractivity contribution >= 4 is 28.9 Å². The normalized spacial score (nSPS) is 13.3. The van der Waals surface area contributed by atoms with E-state index in [9.17, 15) is 4.79 Å². The lowest BCUT2D eigenvalue weighted by Gasteiger charge is -2.18. The maximum absolute atomic E-state index is 11.3. The molecule has 0 spiro atoms. The molecule has 0 fully saturated rings. The van der Waals surface area contributed by atoms with Crippen LogP contribution in [0.25, 0.3) is 0 Å². The van der Waals surface area contributed by atoms with Crippen molar-refractivity contribution in [2.75, 3.05) is 23.0 Å². The van der Waals surface area contributed by atoms with Gasteiger partial charge in [-0.1, -0.05) is 0 Å². The summed E-state index contributed by atoms with van der Waals surface area (Å²) in [6.07, 6.45) is 2.81. The number of hydrogen-bond donors (Lipinski definition) is 3. The zero-order chi connectivity index (χ0) is 13.9. The summed E-state index contributed by atoms with van der Waals surface area (Å²) in [7, 11) is 1.81. The Hall–Kier alpha value is -2.63. The average Bonchev–Trinajstić information content (AvgIpc) is 2.47. The highest BCUT2D eigenvalue weighted by Gasteiger charge is 2.14. The third-order valence-electron chi connectivity index (χ3n) is 3.20. The van der Waals surface area contributed by atoms with Gasteiger partial charge in [0.15, 0.2) is 0 Å². The molecule has 0 aliphatic carbocycles. The van der Waals surface area contributed by atoms with Gasteiger partial charge in [-0.15, -0.1) is 0 Å². The van der Waals surface area contributed by atoms with Gasteiger partial charge in [-0.05, 0) is 30.2 Å². The van der Waals surface area contributed by atoms with E-state index in [1.165, 1.54) is 6.33 Å². The topological polar surface area (TPSA) is 78.9 Å². The highest BCUT2D eigenvalue weighted by molar-refractivity contribution is 5.94. The summed E-state index contributed by atoms with van der Waals surface area (Å²) < 4.78 is 0. The summed E-state index contributed by atoms with van der Waals surface area (Å²) in [6.45, 7) is 0. The highest BCUT2D eigenvalue weighted by atomic mass is 16.1. The molecular formula is C14H15N5O. The van der Waals surface area contributed by atoms with Gasteiger partial charge in [0.25, 0.3) is 0 Å². The minimum absolute atomic E-state index is 0.0765. The van der Waals surface area contributed by atoms with E-state index in [0.717, 1.165) is 35.0 Å². The first-order valence-corrected chi connectivity index (χ1v) is 6.44. The Morgan fingerprint density at radius 3 is 2.85 bits per heavy atom.